The Hall–Kier alpha value is -1.33. The van der Waals surface area contributed by atoms with Crippen molar-refractivity contribution < 1.29 is 13.0 Å². The van der Waals surface area contributed by atoms with Crippen LogP contribution in [-0.2, 0) is 10.1 Å². The van der Waals surface area contributed by atoms with E-state index in [2.05, 4.69) is 4.98 Å². The third kappa shape index (κ3) is 1.64. The molecule has 0 unspecified atom stereocenters. The molecule has 4 nitrogen and oxygen atoms in total. The first kappa shape index (κ1) is 10.2. The number of nitrogens with one attached hydrogen (secondary N) is 1. The van der Waals surface area contributed by atoms with Gasteiger partial charge in [0.15, 0.2) is 0 Å². The fourth-order valence-electron chi connectivity index (χ4n) is 1.60. The van der Waals surface area contributed by atoms with E-state index in [4.69, 9.17) is 4.55 Å². The van der Waals surface area contributed by atoms with Crippen molar-refractivity contribution in [2.24, 2.45) is 0 Å². The minimum atomic E-state index is -4.12. The molecule has 0 aliphatic carbocycles. The van der Waals surface area contributed by atoms with Gasteiger partial charge in [-0.25, -0.2) is 0 Å². The standard InChI is InChI=1S/C10H11NO3S/c1-6-7(2)11-10-4-3-8(5-9(6)10)15(12,13)14/h3-5,11H,1-2H3,(H,12,13,14). The van der Waals surface area contributed by atoms with Crippen LogP contribution in [0, 0.1) is 13.8 Å². The van der Waals surface area contributed by atoms with Crippen LogP contribution in [0.4, 0.5) is 0 Å². The van der Waals surface area contributed by atoms with Crippen molar-refractivity contribution in [3.8, 4) is 0 Å². The van der Waals surface area contributed by atoms with Crippen LogP contribution in [0.5, 0.6) is 0 Å². The summed E-state index contributed by atoms with van der Waals surface area (Å²) in [6, 6.07) is 4.51. The maximum Gasteiger partial charge on any atom is 0.294 e. The smallest absolute Gasteiger partial charge is 0.294 e. The summed E-state index contributed by atoms with van der Waals surface area (Å²) in [6.45, 7) is 3.82. The highest BCUT2D eigenvalue weighted by molar-refractivity contribution is 7.85. The van der Waals surface area contributed by atoms with Crippen LogP contribution < -0.4 is 0 Å². The van der Waals surface area contributed by atoms with Crippen molar-refractivity contribution in [2.75, 3.05) is 0 Å². The molecule has 1 aromatic heterocycles. The SMILES string of the molecule is Cc1[nH]c2ccc(S(=O)(=O)O)cc2c1C. The van der Waals surface area contributed by atoms with E-state index >= 15 is 0 Å². The number of aromatic amines is 1. The van der Waals surface area contributed by atoms with Crippen molar-refractivity contribution in [1.29, 1.82) is 0 Å². The lowest BCUT2D eigenvalue weighted by Gasteiger charge is -1.97. The van der Waals surface area contributed by atoms with E-state index in [1.165, 1.54) is 12.1 Å². The van der Waals surface area contributed by atoms with Gasteiger partial charge in [0.05, 0.1) is 4.90 Å². The van der Waals surface area contributed by atoms with Crippen LogP contribution in [0.3, 0.4) is 0 Å². The van der Waals surface area contributed by atoms with E-state index in [0.29, 0.717) is 0 Å². The van der Waals surface area contributed by atoms with Gasteiger partial charge in [-0.2, -0.15) is 8.42 Å². The molecule has 15 heavy (non-hydrogen) atoms. The van der Waals surface area contributed by atoms with Gasteiger partial charge in [-0.05, 0) is 37.6 Å². The van der Waals surface area contributed by atoms with Crippen molar-refractivity contribution in [3.05, 3.63) is 29.5 Å². The molecule has 0 radical (unpaired) electrons. The van der Waals surface area contributed by atoms with Gasteiger partial charge in [0.1, 0.15) is 0 Å². The van der Waals surface area contributed by atoms with Crippen LogP contribution in [0.15, 0.2) is 23.1 Å². The minimum absolute atomic E-state index is 0.0721. The molecule has 2 N–H and O–H groups in total. The molecule has 0 amide bonds. The highest BCUT2D eigenvalue weighted by atomic mass is 32.2. The van der Waals surface area contributed by atoms with Gasteiger partial charge in [0, 0.05) is 16.6 Å². The minimum Gasteiger partial charge on any atom is -0.358 e. The Bertz CT molecular complexity index is 625. The molecule has 80 valence electrons. The Labute approximate surface area is 87.7 Å². The van der Waals surface area contributed by atoms with Crippen LogP contribution in [0.2, 0.25) is 0 Å². The van der Waals surface area contributed by atoms with E-state index in [1.807, 2.05) is 13.8 Å². The largest absolute Gasteiger partial charge is 0.358 e. The number of hydrogen-bond donors (Lipinski definition) is 2. The molecule has 0 spiro atoms. The van der Waals surface area contributed by atoms with Gasteiger partial charge in [0.25, 0.3) is 10.1 Å². The van der Waals surface area contributed by atoms with E-state index in [1.54, 1.807) is 6.07 Å². The Morgan fingerprint density at radius 3 is 2.53 bits per heavy atom. The maximum absolute atomic E-state index is 10.9. The molecule has 1 heterocycles. The lowest BCUT2D eigenvalue weighted by atomic mass is 10.1. The number of rotatable bonds is 1. The van der Waals surface area contributed by atoms with Gasteiger partial charge < -0.3 is 4.98 Å². The van der Waals surface area contributed by atoms with Crippen molar-refractivity contribution >= 4 is 21.0 Å². The fourth-order valence-corrected chi connectivity index (χ4v) is 2.11. The van der Waals surface area contributed by atoms with Gasteiger partial charge in [-0.1, -0.05) is 0 Å². The van der Waals surface area contributed by atoms with Gasteiger partial charge in [-0.3, -0.25) is 4.55 Å². The quantitative estimate of drug-likeness (QED) is 0.729. The highest BCUT2D eigenvalue weighted by Gasteiger charge is 2.12. The predicted molar refractivity (Wildman–Crippen MR) is 57.6 cm³/mol. The molecule has 0 aliphatic rings. The number of aryl methyl sites for hydroxylation is 2. The van der Waals surface area contributed by atoms with Crippen LogP contribution >= 0.6 is 0 Å². The second-order valence-electron chi connectivity index (χ2n) is 3.56. The van der Waals surface area contributed by atoms with Gasteiger partial charge in [-0.15, -0.1) is 0 Å². The molecule has 2 aromatic rings. The molecular weight excluding hydrogens is 214 g/mol. The average Bonchev–Trinajstić information content (AvgIpc) is 2.41. The molecule has 1 aromatic carbocycles. The van der Waals surface area contributed by atoms with E-state index in [-0.39, 0.29) is 4.90 Å². The Balaban J connectivity index is 2.81. The topological polar surface area (TPSA) is 70.2 Å². The van der Waals surface area contributed by atoms with Crippen molar-refractivity contribution in [2.45, 2.75) is 18.7 Å². The first-order chi connectivity index (χ1) is 6.89. The lowest BCUT2D eigenvalue weighted by molar-refractivity contribution is 0.483. The summed E-state index contributed by atoms with van der Waals surface area (Å²) in [5, 5.41) is 0.822. The summed E-state index contributed by atoms with van der Waals surface area (Å²) in [6.07, 6.45) is 0. The van der Waals surface area contributed by atoms with Crippen molar-refractivity contribution in [1.82, 2.24) is 4.98 Å². The first-order valence-electron chi connectivity index (χ1n) is 4.46. The summed E-state index contributed by atoms with van der Waals surface area (Å²) in [4.78, 5) is 3.06. The molecule has 2 rings (SSSR count). The van der Waals surface area contributed by atoms with Crippen LogP contribution in [0.25, 0.3) is 10.9 Å². The normalized spacial score (nSPS) is 12.2. The summed E-state index contributed by atoms with van der Waals surface area (Å²) in [5.74, 6) is 0. The Morgan fingerprint density at radius 2 is 1.93 bits per heavy atom. The molecule has 0 aliphatic heterocycles. The average molecular weight is 225 g/mol. The zero-order valence-electron chi connectivity index (χ0n) is 8.40. The van der Waals surface area contributed by atoms with E-state index in [0.717, 1.165) is 22.2 Å². The molecule has 0 saturated carbocycles. The number of H-pyrrole nitrogens is 1. The second kappa shape index (κ2) is 3.08. The maximum atomic E-state index is 10.9. The molecule has 0 fully saturated rings. The number of fused-ring (bicyclic) bond motifs is 1. The van der Waals surface area contributed by atoms with Crippen molar-refractivity contribution in [3.63, 3.8) is 0 Å². The van der Waals surface area contributed by atoms with Crippen LogP contribution in [0.1, 0.15) is 11.3 Å². The summed E-state index contributed by atoms with van der Waals surface area (Å²) < 4.78 is 30.8. The van der Waals surface area contributed by atoms with Crippen LogP contribution in [-0.4, -0.2) is 18.0 Å². The zero-order chi connectivity index (χ0) is 11.2. The fraction of sp³-hybridized carbons (Fsp3) is 0.200. The summed E-state index contributed by atoms with van der Waals surface area (Å²) >= 11 is 0. The first-order valence-corrected chi connectivity index (χ1v) is 5.90. The number of aromatic nitrogens is 1. The molecule has 0 bridgehead atoms. The van der Waals surface area contributed by atoms with E-state index < -0.39 is 10.1 Å². The van der Waals surface area contributed by atoms with E-state index in [9.17, 15) is 8.42 Å². The number of benzene rings is 1. The third-order valence-electron chi connectivity index (χ3n) is 2.58. The second-order valence-corrected chi connectivity index (χ2v) is 4.98. The molecule has 0 atom stereocenters. The Morgan fingerprint density at radius 1 is 1.27 bits per heavy atom. The summed E-state index contributed by atoms with van der Waals surface area (Å²) in [7, 11) is -4.12. The third-order valence-corrected chi connectivity index (χ3v) is 3.43. The summed E-state index contributed by atoms with van der Waals surface area (Å²) in [5.41, 5.74) is 2.87. The monoisotopic (exact) mass is 225 g/mol. The van der Waals surface area contributed by atoms with Gasteiger partial charge in [0.2, 0.25) is 0 Å². The zero-order valence-corrected chi connectivity index (χ0v) is 9.22. The van der Waals surface area contributed by atoms with Gasteiger partial charge >= 0.3 is 0 Å². The lowest BCUT2D eigenvalue weighted by Crippen LogP contribution is -1.97. The molecule has 0 saturated heterocycles. The molecular formula is C10H11NO3S. The highest BCUT2D eigenvalue weighted by Crippen LogP contribution is 2.23. The number of hydrogen-bond acceptors (Lipinski definition) is 2. The molecule has 5 heteroatoms. The Kier molecular flexibility index (Phi) is 2.09. The predicted octanol–water partition coefficient (Wildman–Crippen LogP) is 2.03.